The van der Waals surface area contributed by atoms with Gasteiger partial charge in [0.1, 0.15) is 10.9 Å². The predicted molar refractivity (Wildman–Crippen MR) is 61.6 cm³/mol. The van der Waals surface area contributed by atoms with Crippen molar-refractivity contribution in [3.8, 4) is 0 Å². The van der Waals surface area contributed by atoms with E-state index in [0.29, 0.717) is 0 Å². The van der Waals surface area contributed by atoms with Crippen LogP contribution in [0.25, 0.3) is 11.0 Å². The summed E-state index contributed by atoms with van der Waals surface area (Å²) in [6.07, 6.45) is 0.886. The van der Waals surface area contributed by atoms with E-state index in [9.17, 15) is 30.3 Å². The molecule has 3 aromatic rings. The Bertz CT molecular complexity index is 940. The zero-order chi connectivity index (χ0) is 15.3. The van der Waals surface area contributed by atoms with Crippen LogP contribution in [-0.2, 0) is 0 Å². The molecule has 0 aliphatic carbocycles. The molecule has 1 aromatic carbocycles. The first-order valence-electron chi connectivity index (χ1n) is 5.24. The van der Waals surface area contributed by atoms with E-state index in [1.807, 2.05) is 0 Å². The molecule has 0 fully saturated rings. The lowest BCUT2D eigenvalue weighted by Crippen LogP contribution is -2.33. The van der Waals surface area contributed by atoms with Crippen LogP contribution >= 0.6 is 0 Å². The van der Waals surface area contributed by atoms with Crippen LogP contribution in [0.15, 0.2) is 18.3 Å². The van der Waals surface area contributed by atoms with Crippen LogP contribution in [0.5, 0.6) is 0 Å². The number of nitrogens with zero attached hydrogens (tertiary/aromatic N) is 7. The molecule has 0 unspecified atom stereocenters. The normalized spacial score (nSPS) is 11.0. The van der Waals surface area contributed by atoms with E-state index in [1.54, 1.807) is 0 Å². The highest BCUT2D eigenvalue weighted by atomic mass is 16.6. The number of benzene rings is 1. The lowest BCUT2D eigenvalue weighted by atomic mass is 10.2. The van der Waals surface area contributed by atoms with Crippen molar-refractivity contribution in [2.24, 2.45) is 0 Å². The highest BCUT2D eigenvalue weighted by Gasteiger charge is 2.31. The molecule has 13 heteroatoms. The molecule has 0 N–H and O–H groups in total. The molecule has 0 saturated heterocycles. The first-order valence-corrected chi connectivity index (χ1v) is 5.24. The summed E-state index contributed by atoms with van der Waals surface area (Å²) < 4.78 is 1.61. The molecule has 106 valence electrons. The van der Waals surface area contributed by atoms with Crippen molar-refractivity contribution in [2.75, 3.05) is 0 Å². The minimum absolute atomic E-state index is 0.153. The Hall–Kier alpha value is -3.64. The van der Waals surface area contributed by atoms with Gasteiger partial charge < -0.3 is 10.1 Å². The van der Waals surface area contributed by atoms with Gasteiger partial charge in [-0.2, -0.15) is 0 Å². The molecule has 0 saturated carbocycles. The maximum absolute atomic E-state index is 11.0. The van der Waals surface area contributed by atoms with Gasteiger partial charge in [0.2, 0.25) is 5.52 Å². The maximum Gasteiger partial charge on any atom is 0.395 e. The number of fused-ring (bicyclic) bond motifs is 3. The average Bonchev–Trinajstić information content (AvgIpc) is 2.95. The summed E-state index contributed by atoms with van der Waals surface area (Å²) in [6.45, 7) is 0. The number of hydrogen-bond donors (Lipinski definition) is 0. The standard InChI is InChI=1S/C8H3N7O6/c16-12(17)4-1-5-8(6(2-4)13(18)19)10-15-9-3-7(11(5)15)14(20)21/h1-3H. The second-order valence-corrected chi connectivity index (χ2v) is 3.89. The molecule has 2 heterocycles. The lowest BCUT2D eigenvalue weighted by Gasteiger charge is -1.93. The van der Waals surface area contributed by atoms with E-state index in [4.69, 9.17) is 0 Å². The Morgan fingerprint density at radius 3 is 2.38 bits per heavy atom. The SMILES string of the molecule is O=[N+]([O-])c1cc([N+](=O)[O-])c2n[n+]3[n-]cc([N+](=O)[O-])n3c2c1. The van der Waals surface area contributed by atoms with Crippen LogP contribution in [0.3, 0.4) is 0 Å². The molecule has 0 spiro atoms. The molecule has 2 aromatic heterocycles. The third-order valence-electron chi connectivity index (χ3n) is 2.74. The van der Waals surface area contributed by atoms with Crippen molar-refractivity contribution in [2.45, 2.75) is 0 Å². The fourth-order valence-electron chi connectivity index (χ4n) is 1.90. The van der Waals surface area contributed by atoms with Gasteiger partial charge in [0.25, 0.3) is 11.4 Å². The summed E-state index contributed by atoms with van der Waals surface area (Å²) in [7, 11) is 0. The Kier molecular flexibility index (Phi) is 2.32. The molecule has 3 rings (SSSR count). The zero-order valence-electron chi connectivity index (χ0n) is 9.81. The number of rotatable bonds is 3. The van der Waals surface area contributed by atoms with Gasteiger partial charge in [-0.1, -0.05) is 5.10 Å². The van der Waals surface area contributed by atoms with Gasteiger partial charge in [-0.25, -0.2) is 0 Å². The van der Waals surface area contributed by atoms with Gasteiger partial charge in [0.05, 0.1) is 26.5 Å². The van der Waals surface area contributed by atoms with E-state index >= 15 is 0 Å². The van der Waals surface area contributed by atoms with E-state index in [2.05, 4.69) is 10.2 Å². The molecule has 0 bridgehead atoms. The van der Waals surface area contributed by atoms with Gasteiger partial charge in [-0.3, -0.25) is 20.2 Å². The van der Waals surface area contributed by atoms with Crippen LogP contribution < -0.4 is 9.84 Å². The van der Waals surface area contributed by atoms with Crippen molar-refractivity contribution >= 4 is 28.2 Å². The Balaban J connectivity index is 2.52. The Labute approximate surface area is 112 Å². The maximum atomic E-state index is 11.0. The fourth-order valence-corrected chi connectivity index (χ4v) is 1.90. The second kappa shape index (κ2) is 3.92. The van der Waals surface area contributed by atoms with Gasteiger partial charge >= 0.3 is 5.82 Å². The van der Waals surface area contributed by atoms with Crippen LogP contribution in [0.2, 0.25) is 0 Å². The summed E-state index contributed by atoms with van der Waals surface area (Å²) in [5.41, 5.74) is -1.60. The molecule has 0 atom stereocenters. The monoisotopic (exact) mass is 293 g/mol. The van der Waals surface area contributed by atoms with E-state index < -0.39 is 32.0 Å². The van der Waals surface area contributed by atoms with Gasteiger partial charge in [-0.05, 0) is 10.0 Å². The molecular weight excluding hydrogens is 290 g/mol. The fraction of sp³-hybridized carbons (Fsp3) is 0. The third-order valence-corrected chi connectivity index (χ3v) is 2.74. The third kappa shape index (κ3) is 1.64. The molecule has 21 heavy (non-hydrogen) atoms. The molecule has 0 amide bonds. The van der Waals surface area contributed by atoms with Crippen molar-refractivity contribution in [3.63, 3.8) is 0 Å². The second-order valence-electron chi connectivity index (χ2n) is 3.89. The smallest absolute Gasteiger partial charge is 0.358 e. The number of non-ortho nitro benzene ring substituents is 2. The van der Waals surface area contributed by atoms with Crippen molar-refractivity contribution < 1.29 is 19.5 Å². The summed E-state index contributed by atoms with van der Waals surface area (Å²) >= 11 is 0. The first kappa shape index (κ1) is 12.4. The van der Waals surface area contributed by atoms with Crippen LogP contribution in [0.4, 0.5) is 17.2 Å². The quantitative estimate of drug-likeness (QED) is 0.362. The van der Waals surface area contributed by atoms with Gasteiger partial charge in [0, 0.05) is 0 Å². The highest BCUT2D eigenvalue weighted by Crippen LogP contribution is 2.29. The van der Waals surface area contributed by atoms with Crippen LogP contribution in [0.1, 0.15) is 0 Å². The van der Waals surface area contributed by atoms with E-state index in [-0.39, 0.29) is 11.0 Å². The van der Waals surface area contributed by atoms with E-state index in [0.717, 1.165) is 27.6 Å². The average molecular weight is 293 g/mol. The molecule has 0 radical (unpaired) electrons. The molecular formula is C8H3N7O6. The number of hydrogen-bond acceptors (Lipinski definition) is 7. The number of nitro benzene ring substituents is 2. The predicted octanol–water partition coefficient (Wildman–Crippen LogP) is -0.245. The Morgan fingerprint density at radius 2 is 1.81 bits per heavy atom. The van der Waals surface area contributed by atoms with Crippen molar-refractivity contribution in [1.29, 1.82) is 0 Å². The zero-order valence-corrected chi connectivity index (χ0v) is 9.81. The molecule has 0 aliphatic rings. The molecule has 0 aliphatic heterocycles. The summed E-state index contributed by atoms with van der Waals surface area (Å²) in [5, 5.41) is 40.0. The number of nitro groups is 3. The van der Waals surface area contributed by atoms with Crippen molar-refractivity contribution in [1.82, 2.24) is 14.7 Å². The van der Waals surface area contributed by atoms with E-state index in [1.165, 1.54) is 0 Å². The summed E-state index contributed by atoms with van der Waals surface area (Å²) in [5.74, 6) is -0.521. The topological polar surface area (TPSA) is 165 Å². The minimum Gasteiger partial charge on any atom is -0.358 e. The number of aromatic nitrogens is 4. The first-order chi connectivity index (χ1) is 9.90. The molecule has 13 nitrogen and oxygen atoms in total. The summed E-state index contributed by atoms with van der Waals surface area (Å²) in [6, 6.07) is 1.70. The highest BCUT2D eigenvalue weighted by molar-refractivity contribution is 5.86. The lowest BCUT2D eigenvalue weighted by molar-refractivity contribution is -0.732. The Morgan fingerprint density at radius 1 is 1.10 bits per heavy atom. The van der Waals surface area contributed by atoms with Gasteiger partial charge in [0.15, 0.2) is 5.52 Å². The van der Waals surface area contributed by atoms with Crippen LogP contribution in [0, 0.1) is 30.3 Å². The van der Waals surface area contributed by atoms with Crippen molar-refractivity contribution in [3.05, 3.63) is 48.7 Å². The summed E-state index contributed by atoms with van der Waals surface area (Å²) in [4.78, 5) is 30.2. The van der Waals surface area contributed by atoms with Crippen LogP contribution in [-0.4, -0.2) is 24.4 Å². The minimum atomic E-state index is -0.853. The largest absolute Gasteiger partial charge is 0.395 e. The van der Waals surface area contributed by atoms with Gasteiger partial charge in [-0.15, -0.1) is 0 Å².